The molecule has 0 bridgehead atoms. The van der Waals surface area contributed by atoms with Crippen LogP contribution in [0.4, 0.5) is 13.2 Å². The second-order valence-electron chi connectivity index (χ2n) is 4.80. The topological polar surface area (TPSA) is 60.8 Å². The van der Waals surface area contributed by atoms with Gasteiger partial charge in [-0.1, -0.05) is 18.2 Å². The van der Waals surface area contributed by atoms with Gasteiger partial charge in [-0.25, -0.2) is 0 Å². The van der Waals surface area contributed by atoms with Crippen molar-refractivity contribution in [1.82, 2.24) is 4.90 Å². The fraction of sp³-hybridized carbons (Fsp3) is 0.357. The van der Waals surface area contributed by atoms with Crippen LogP contribution in [0.2, 0.25) is 0 Å². The Bertz CT molecular complexity index is 547. The number of hydrogen-bond donors (Lipinski definition) is 2. The SMILES string of the molecule is O=C(/C=C/c1ccccc1C(F)(F)F)N1C[C@H](O)[C@@H](O)C1. The van der Waals surface area contributed by atoms with Gasteiger partial charge in [-0.05, 0) is 17.7 Å². The molecule has 1 aliphatic rings. The van der Waals surface area contributed by atoms with E-state index in [0.717, 1.165) is 18.2 Å². The summed E-state index contributed by atoms with van der Waals surface area (Å²) < 4.78 is 38.3. The summed E-state index contributed by atoms with van der Waals surface area (Å²) in [5.74, 6) is -0.553. The normalized spacial score (nSPS) is 23.0. The lowest BCUT2D eigenvalue weighted by atomic mass is 10.1. The lowest BCUT2D eigenvalue weighted by Crippen LogP contribution is -2.27. The number of nitrogens with zero attached hydrogens (tertiary/aromatic N) is 1. The molecule has 1 amide bonds. The van der Waals surface area contributed by atoms with Gasteiger partial charge >= 0.3 is 6.18 Å². The number of aliphatic hydroxyl groups is 2. The minimum atomic E-state index is -4.50. The van der Waals surface area contributed by atoms with Gasteiger partial charge in [0.15, 0.2) is 0 Å². The molecule has 1 aliphatic heterocycles. The van der Waals surface area contributed by atoms with Crippen LogP contribution < -0.4 is 0 Å². The molecule has 7 heteroatoms. The van der Waals surface area contributed by atoms with Gasteiger partial charge in [0.1, 0.15) is 0 Å². The van der Waals surface area contributed by atoms with Crippen LogP contribution in [0.1, 0.15) is 11.1 Å². The molecule has 4 nitrogen and oxygen atoms in total. The number of aliphatic hydroxyl groups excluding tert-OH is 2. The van der Waals surface area contributed by atoms with Crippen LogP contribution in [0.15, 0.2) is 30.3 Å². The Balaban J connectivity index is 2.14. The van der Waals surface area contributed by atoms with Gasteiger partial charge in [-0.2, -0.15) is 13.2 Å². The maximum Gasteiger partial charge on any atom is 0.416 e. The summed E-state index contributed by atoms with van der Waals surface area (Å²) in [4.78, 5) is 13.0. The standard InChI is InChI=1S/C14H14F3NO3/c15-14(16,17)10-4-2-1-3-9(10)5-6-13(21)18-7-11(19)12(20)8-18/h1-6,11-12,19-20H,7-8H2/b6-5+/t11-,12-/m0/s1. The highest BCUT2D eigenvalue weighted by Crippen LogP contribution is 2.32. The number of alkyl halides is 3. The Morgan fingerprint density at radius 2 is 1.76 bits per heavy atom. The fourth-order valence-corrected chi connectivity index (χ4v) is 2.12. The smallest absolute Gasteiger partial charge is 0.388 e. The molecule has 2 N–H and O–H groups in total. The van der Waals surface area contributed by atoms with Crippen molar-refractivity contribution < 1.29 is 28.2 Å². The highest BCUT2D eigenvalue weighted by Gasteiger charge is 2.33. The second-order valence-corrected chi connectivity index (χ2v) is 4.80. The quantitative estimate of drug-likeness (QED) is 0.809. The Labute approximate surface area is 119 Å². The highest BCUT2D eigenvalue weighted by molar-refractivity contribution is 5.92. The predicted octanol–water partition coefficient (Wildman–Crippen LogP) is 1.28. The molecule has 114 valence electrons. The average molecular weight is 301 g/mol. The number of likely N-dealkylation sites (tertiary alicyclic amines) is 1. The molecule has 0 radical (unpaired) electrons. The molecule has 0 unspecified atom stereocenters. The van der Waals surface area contributed by atoms with Crippen molar-refractivity contribution in [2.75, 3.05) is 13.1 Å². The first-order chi connectivity index (χ1) is 9.79. The molecule has 2 rings (SSSR count). The summed E-state index contributed by atoms with van der Waals surface area (Å²) in [6.07, 6.45) is -4.45. The van der Waals surface area contributed by atoms with Crippen molar-refractivity contribution in [3.63, 3.8) is 0 Å². The third-order valence-electron chi connectivity index (χ3n) is 3.24. The zero-order chi connectivity index (χ0) is 15.6. The molecule has 1 heterocycles. The van der Waals surface area contributed by atoms with E-state index in [1.54, 1.807) is 0 Å². The van der Waals surface area contributed by atoms with Gasteiger partial charge in [0, 0.05) is 19.2 Å². The molecule has 2 atom stereocenters. The molecule has 0 aromatic heterocycles. The monoisotopic (exact) mass is 301 g/mol. The van der Waals surface area contributed by atoms with Crippen molar-refractivity contribution in [2.24, 2.45) is 0 Å². The Kier molecular flexibility index (Phi) is 4.34. The largest absolute Gasteiger partial charge is 0.416 e. The van der Waals surface area contributed by atoms with Crippen LogP contribution in [-0.4, -0.2) is 46.3 Å². The Hall–Kier alpha value is -1.86. The molecular weight excluding hydrogens is 287 g/mol. The van der Waals surface area contributed by atoms with E-state index < -0.39 is 29.9 Å². The summed E-state index contributed by atoms with van der Waals surface area (Å²) in [6, 6.07) is 4.92. The number of β-amino-alcohol motifs (C(OH)–C–C–N with tert-alkyl or cyclic N) is 2. The number of hydrogen-bond acceptors (Lipinski definition) is 3. The van der Waals surface area contributed by atoms with Crippen molar-refractivity contribution in [2.45, 2.75) is 18.4 Å². The summed E-state index contributed by atoms with van der Waals surface area (Å²) in [5.41, 5.74) is -0.936. The van der Waals surface area contributed by atoms with Crippen LogP contribution in [-0.2, 0) is 11.0 Å². The van der Waals surface area contributed by atoms with Gasteiger partial charge in [-0.15, -0.1) is 0 Å². The zero-order valence-corrected chi connectivity index (χ0v) is 10.9. The third kappa shape index (κ3) is 3.62. The van der Waals surface area contributed by atoms with E-state index in [4.69, 9.17) is 0 Å². The van der Waals surface area contributed by atoms with Gasteiger partial charge in [0.25, 0.3) is 0 Å². The van der Waals surface area contributed by atoms with Gasteiger partial charge in [0.2, 0.25) is 5.91 Å². The van der Waals surface area contributed by atoms with Crippen molar-refractivity contribution in [3.8, 4) is 0 Å². The van der Waals surface area contributed by atoms with E-state index in [-0.39, 0.29) is 18.7 Å². The molecule has 1 aromatic rings. The second kappa shape index (κ2) is 5.87. The summed E-state index contributed by atoms with van der Waals surface area (Å²) >= 11 is 0. The first kappa shape index (κ1) is 15.5. The number of halogens is 3. The first-order valence-corrected chi connectivity index (χ1v) is 6.28. The van der Waals surface area contributed by atoms with E-state index in [1.807, 2.05) is 0 Å². The molecule has 0 spiro atoms. The molecule has 21 heavy (non-hydrogen) atoms. The van der Waals surface area contributed by atoms with Crippen LogP contribution >= 0.6 is 0 Å². The lowest BCUT2D eigenvalue weighted by molar-refractivity contribution is -0.137. The van der Waals surface area contributed by atoms with Crippen molar-refractivity contribution >= 4 is 12.0 Å². The van der Waals surface area contributed by atoms with Crippen LogP contribution in [0.5, 0.6) is 0 Å². The zero-order valence-electron chi connectivity index (χ0n) is 10.9. The van der Waals surface area contributed by atoms with Gasteiger partial charge in [-0.3, -0.25) is 4.79 Å². The number of amides is 1. The third-order valence-corrected chi connectivity index (χ3v) is 3.24. The van der Waals surface area contributed by atoms with Gasteiger partial charge in [0.05, 0.1) is 17.8 Å². The van der Waals surface area contributed by atoms with Crippen LogP contribution in [0, 0.1) is 0 Å². The van der Waals surface area contributed by atoms with Crippen LogP contribution in [0.25, 0.3) is 6.08 Å². The minimum absolute atomic E-state index is 0.0365. The maximum absolute atomic E-state index is 12.8. The van der Waals surface area contributed by atoms with E-state index in [2.05, 4.69) is 0 Å². The summed E-state index contributed by atoms with van der Waals surface area (Å²) in [5, 5.41) is 18.7. The summed E-state index contributed by atoms with van der Waals surface area (Å²) in [7, 11) is 0. The number of carbonyl (C=O) groups excluding carboxylic acids is 1. The molecular formula is C14H14F3NO3. The molecule has 0 aliphatic carbocycles. The lowest BCUT2D eigenvalue weighted by Gasteiger charge is -2.13. The van der Waals surface area contributed by atoms with E-state index in [9.17, 15) is 28.2 Å². The fourth-order valence-electron chi connectivity index (χ4n) is 2.12. The average Bonchev–Trinajstić information content (AvgIpc) is 2.75. The molecule has 1 aromatic carbocycles. The number of carbonyl (C=O) groups is 1. The Morgan fingerprint density at radius 3 is 2.33 bits per heavy atom. The highest BCUT2D eigenvalue weighted by atomic mass is 19.4. The minimum Gasteiger partial charge on any atom is -0.388 e. The maximum atomic E-state index is 12.8. The number of benzene rings is 1. The molecule has 0 saturated carbocycles. The van der Waals surface area contributed by atoms with E-state index >= 15 is 0 Å². The molecule has 1 saturated heterocycles. The van der Waals surface area contributed by atoms with E-state index in [0.29, 0.717) is 0 Å². The molecule has 1 fully saturated rings. The Morgan fingerprint density at radius 1 is 1.19 bits per heavy atom. The predicted molar refractivity (Wildman–Crippen MR) is 69.1 cm³/mol. The van der Waals surface area contributed by atoms with Crippen molar-refractivity contribution in [3.05, 3.63) is 41.5 Å². The first-order valence-electron chi connectivity index (χ1n) is 6.28. The number of rotatable bonds is 2. The van der Waals surface area contributed by atoms with Crippen molar-refractivity contribution in [1.29, 1.82) is 0 Å². The summed E-state index contributed by atoms with van der Waals surface area (Å²) in [6.45, 7) is -0.0729. The van der Waals surface area contributed by atoms with Gasteiger partial charge < -0.3 is 15.1 Å². The van der Waals surface area contributed by atoms with Crippen LogP contribution in [0.3, 0.4) is 0 Å². The van der Waals surface area contributed by atoms with E-state index in [1.165, 1.54) is 23.1 Å².